The summed E-state index contributed by atoms with van der Waals surface area (Å²) in [7, 11) is 4.81. The van der Waals surface area contributed by atoms with Crippen LogP contribution in [0, 0.1) is 0 Å². The molecule has 1 aliphatic heterocycles. The van der Waals surface area contributed by atoms with Gasteiger partial charge in [-0.25, -0.2) is 0 Å². The van der Waals surface area contributed by atoms with Crippen LogP contribution in [0.4, 0.5) is 0 Å². The highest BCUT2D eigenvalue weighted by atomic mass is 16.5. The second-order valence-corrected chi connectivity index (χ2v) is 7.04. The van der Waals surface area contributed by atoms with E-state index in [1.165, 1.54) is 0 Å². The van der Waals surface area contributed by atoms with Gasteiger partial charge in [-0.1, -0.05) is 11.2 Å². The van der Waals surface area contributed by atoms with E-state index in [-0.39, 0.29) is 11.8 Å². The number of likely N-dealkylation sites (tertiary alicyclic amines) is 1. The van der Waals surface area contributed by atoms with Crippen LogP contribution < -0.4 is 14.2 Å². The van der Waals surface area contributed by atoms with Gasteiger partial charge in [-0.3, -0.25) is 4.79 Å². The summed E-state index contributed by atoms with van der Waals surface area (Å²) in [4.78, 5) is 18.9. The number of carbonyl (C=O) groups excluding carboxylic acids is 1. The first kappa shape index (κ1) is 19.8. The summed E-state index contributed by atoms with van der Waals surface area (Å²) in [6, 6.07) is 13.0. The Balaban J connectivity index is 1.48. The van der Waals surface area contributed by atoms with Crippen LogP contribution in [0.2, 0.25) is 0 Å². The molecule has 1 atom stereocenters. The largest absolute Gasteiger partial charge is 0.497 e. The van der Waals surface area contributed by atoms with E-state index < -0.39 is 0 Å². The Labute approximate surface area is 174 Å². The maximum absolute atomic E-state index is 12.6. The van der Waals surface area contributed by atoms with Gasteiger partial charge < -0.3 is 23.6 Å². The fourth-order valence-corrected chi connectivity index (χ4v) is 3.56. The van der Waals surface area contributed by atoms with Crippen LogP contribution in [0.5, 0.6) is 17.2 Å². The van der Waals surface area contributed by atoms with Crippen LogP contribution in [0.25, 0.3) is 11.5 Å². The van der Waals surface area contributed by atoms with E-state index in [2.05, 4.69) is 10.1 Å². The molecule has 1 saturated heterocycles. The fraction of sp³-hybridized carbons (Fsp3) is 0.318. The topological polar surface area (TPSA) is 86.9 Å². The maximum Gasteiger partial charge on any atom is 0.258 e. The Morgan fingerprint density at radius 3 is 2.63 bits per heavy atom. The first-order valence-corrected chi connectivity index (χ1v) is 9.58. The number of benzene rings is 2. The number of carbonyl (C=O) groups is 1. The third-order valence-corrected chi connectivity index (χ3v) is 5.19. The van der Waals surface area contributed by atoms with Gasteiger partial charge in [0.1, 0.15) is 17.2 Å². The number of amides is 1. The van der Waals surface area contributed by atoms with Crippen molar-refractivity contribution < 1.29 is 23.5 Å². The van der Waals surface area contributed by atoms with Crippen molar-refractivity contribution in [1.82, 2.24) is 15.0 Å². The second kappa shape index (κ2) is 8.44. The van der Waals surface area contributed by atoms with Crippen LogP contribution in [-0.2, 0) is 11.3 Å². The standard InChI is InChI=1S/C22H23N3O5/c1-27-17-6-4-5-14(9-17)22-23-21(24-30-22)16-10-20(26)25(13-16)12-15-7-8-18(28-2)11-19(15)29-3/h4-9,11,16H,10,12-13H2,1-3H3. The molecule has 1 unspecified atom stereocenters. The predicted molar refractivity (Wildman–Crippen MR) is 109 cm³/mol. The molecule has 0 bridgehead atoms. The Kier molecular flexibility index (Phi) is 5.56. The summed E-state index contributed by atoms with van der Waals surface area (Å²) >= 11 is 0. The molecule has 4 rings (SSSR count). The normalized spacial score (nSPS) is 16.0. The Morgan fingerprint density at radius 2 is 1.87 bits per heavy atom. The lowest BCUT2D eigenvalue weighted by Gasteiger charge is -2.18. The molecule has 2 heterocycles. The number of ether oxygens (including phenoxy) is 3. The molecule has 156 valence electrons. The molecule has 1 aromatic heterocycles. The summed E-state index contributed by atoms with van der Waals surface area (Å²) in [5.41, 5.74) is 1.69. The number of methoxy groups -OCH3 is 3. The van der Waals surface area contributed by atoms with Crippen molar-refractivity contribution in [3.05, 3.63) is 53.9 Å². The quantitative estimate of drug-likeness (QED) is 0.592. The highest BCUT2D eigenvalue weighted by Gasteiger charge is 2.34. The van der Waals surface area contributed by atoms with E-state index in [4.69, 9.17) is 18.7 Å². The lowest BCUT2D eigenvalue weighted by Crippen LogP contribution is -2.24. The molecule has 30 heavy (non-hydrogen) atoms. The molecule has 1 fully saturated rings. The van der Waals surface area contributed by atoms with E-state index in [1.54, 1.807) is 26.2 Å². The number of rotatable bonds is 7. The van der Waals surface area contributed by atoms with Gasteiger partial charge in [0.2, 0.25) is 5.91 Å². The van der Waals surface area contributed by atoms with Gasteiger partial charge in [0.05, 0.1) is 21.3 Å². The lowest BCUT2D eigenvalue weighted by molar-refractivity contribution is -0.128. The first-order valence-electron chi connectivity index (χ1n) is 9.58. The summed E-state index contributed by atoms with van der Waals surface area (Å²) in [5, 5.41) is 4.12. The van der Waals surface area contributed by atoms with Crippen molar-refractivity contribution in [3.8, 4) is 28.7 Å². The zero-order chi connectivity index (χ0) is 21.1. The number of hydrogen-bond acceptors (Lipinski definition) is 7. The van der Waals surface area contributed by atoms with Crippen molar-refractivity contribution in [1.29, 1.82) is 0 Å². The molecule has 2 aromatic carbocycles. The van der Waals surface area contributed by atoms with Gasteiger partial charge in [0, 0.05) is 42.6 Å². The van der Waals surface area contributed by atoms with Gasteiger partial charge in [-0.15, -0.1) is 0 Å². The van der Waals surface area contributed by atoms with E-state index >= 15 is 0 Å². The van der Waals surface area contributed by atoms with Gasteiger partial charge in [0.15, 0.2) is 5.82 Å². The Bertz CT molecular complexity index is 1050. The average Bonchev–Trinajstić information content (AvgIpc) is 3.41. The maximum atomic E-state index is 12.6. The zero-order valence-corrected chi connectivity index (χ0v) is 17.1. The highest BCUT2D eigenvalue weighted by molar-refractivity contribution is 5.79. The summed E-state index contributed by atoms with van der Waals surface area (Å²) < 4.78 is 21.4. The minimum Gasteiger partial charge on any atom is -0.497 e. The highest BCUT2D eigenvalue weighted by Crippen LogP contribution is 2.32. The third kappa shape index (κ3) is 3.94. The minimum atomic E-state index is -0.121. The molecule has 0 spiro atoms. The minimum absolute atomic E-state index is 0.0469. The number of nitrogens with zero attached hydrogens (tertiary/aromatic N) is 3. The van der Waals surface area contributed by atoms with E-state index in [0.717, 1.165) is 11.1 Å². The van der Waals surface area contributed by atoms with Gasteiger partial charge in [0.25, 0.3) is 5.89 Å². The van der Waals surface area contributed by atoms with E-state index in [0.29, 0.717) is 48.5 Å². The van der Waals surface area contributed by atoms with Crippen molar-refractivity contribution in [3.63, 3.8) is 0 Å². The molecule has 3 aromatic rings. The second-order valence-electron chi connectivity index (χ2n) is 7.04. The molecule has 8 heteroatoms. The van der Waals surface area contributed by atoms with Crippen molar-refractivity contribution in [2.24, 2.45) is 0 Å². The van der Waals surface area contributed by atoms with E-state index in [1.807, 2.05) is 42.5 Å². The monoisotopic (exact) mass is 409 g/mol. The van der Waals surface area contributed by atoms with Crippen LogP contribution >= 0.6 is 0 Å². The Morgan fingerprint density at radius 1 is 1.07 bits per heavy atom. The SMILES string of the molecule is COc1cccc(-c2nc(C3CC(=O)N(Cc4ccc(OC)cc4OC)C3)no2)c1. The fourth-order valence-electron chi connectivity index (χ4n) is 3.56. The molecular formula is C22H23N3O5. The van der Waals surface area contributed by atoms with Gasteiger partial charge in [-0.2, -0.15) is 4.98 Å². The molecule has 0 radical (unpaired) electrons. The molecule has 1 aliphatic rings. The van der Waals surface area contributed by atoms with Gasteiger partial charge >= 0.3 is 0 Å². The third-order valence-electron chi connectivity index (χ3n) is 5.19. The summed E-state index contributed by atoms with van der Waals surface area (Å²) in [5.74, 6) is 2.97. The zero-order valence-electron chi connectivity index (χ0n) is 17.1. The Hall–Kier alpha value is -3.55. The molecule has 0 saturated carbocycles. The summed E-state index contributed by atoms with van der Waals surface area (Å²) in [6.45, 7) is 0.966. The van der Waals surface area contributed by atoms with Crippen LogP contribution in [0.3, 0.4) is 0 Å². The lowest BCUT2D eigenvalue weighted by atomic mass is 10.1. The predicted octanol–water partition coefficient (Wildman–Crippen LogP) is 3.28. The molecule has 1 amide bonds. The summed E-state index contributed by atoms with van der Waals surface area (Å²) in [6.07, 6.45) is 0.343. The molecule has 0 aliphatic carbocycles. The average molecular weight is 409 g/mol. The van der Waals surface area contributed by atoms with Crippen LogP contribution in [0.1, 0.15) is 23.7 Å². The number of hydrogen-bond donors (Lipinski definition) is 0. The van der Waals surface area contributed by atoms with Crippen molar-refractivity contribution >= 4 is 5.91 Å². The van der Waals surface area contributed by atoms with Gasteiger partial charge in [-0.05, 0) is 30.3 Å². The molecular weight excluding hydrogens is 386 g/mol. The van der Waals surface area contributed by atoms with Crippen molar-refractivity contribution in [2.75, 3.05) is 27.9 Å². The first-order chi connectivity index (χ1) is 14.6. The molecule has 8 nitrogen and oxygen atoms in total. The van der Waals surface area contributed by atoms with Crippen molar-refractivity contribution in [2.45, 2.75) is 18.9 Å². The number of aromatic nitrogens is 2. The molecule has 0 N–H and O–H groups in total. The van der Waals surface area contributed by atoms with E-state index in [9.17, 15) is 4.79 Å². The van der Waals surface area contributed by atoms with Crippen LogP contribution in [-0.4, -0.2) is 48.8 Å². The van der Waals surface area contributed by atoms with Crippen LogP contribution in [0.15, 0.2) is 47.0 Å². The smallest absolute Gasteiger partial charge is 0.258 e.